The molecular formula is C31H34F2N2O3S2. The summed E-state index contributed by atoms with van der Waals surface area (Å²) in [7, 11) is 1.66. The van der Waals surface area contributed by atoms with E-state index < -0.39 is 5.83 Å². The second kappa shape index (κ2) is 14.6. The standard InChI is InChI=1S/C31H34F2N2O3S2/c1-4-6-7-26-19-34(25-12-10-23(32)11-13-25)28-16-31(39-5-2)29(38-21-24(33)20-36)17-30(28)40-35(26)18-22-8-14-27(37-3)15-9-22/h8-17,20-21,26H,4-7,18-19H2,1-3H3/b24-21-. The minimum Gasteiger partial charge on any atom is -0.497 e. The van der Waals surface area contributed by atoms with Gasteiger partial charge >= 0.3 is 0 Å². The van der Waals surface area contributed by atoms with Crippen LogP contribution in [0.2, 0.25) is 0 Å². The molecule has 0 N–H and O–H groups in total. The molecule has 0 aromatic heterocycles. The lowest BCUT2D eigenvalue weighted by atomic mass is 10.1. The second-order valence-electron chi connectivity index (χ2n) is 9.34. The molecule has 1 aliphatic heterocycles. The van der Waals surface area contributed by atoms with Gasteiger partial charge in [-0.15, -0.1) is 11.8 Å². The molecule has 4 rings (SSSR count). The van der Waals surface area contributed by atoms with E-state index in [1.165, 1.54) is 12.1 Å². The summed E-state index contributed by atoms with van der Waals surface area (Å²) >= 11 is 3.21. The molecule has 1 heterocycles. The summed E-state index contributed by atoms with van der Waals surface area (Å²) in [6.07, 6.45) is 4.09. The molecule has 1 unspecified atom stereocenters. The Hall–Kier alpha value is -3.01. The zero-order valence-electron chi connectivity index (χ0n) is 22.9. The van der Waals surface area contributed by atoms with Crippen LogP contribution in [0, 0.1) is 5.82 Å². The number of hydrogen-bond donors (Lipinski definition) is 0. The highest BCUT2D eigenvalue weighted by atomic mass is 32.2. The van der Waals surface area contributed by atoms with Crippen molar-refractivity contribution in [1.82, 2.24) is 4.31 Å². The Balaban J connectivity index is 1.82. The molecule has 1 atom stereocenters. The van der Waals surface area contributed by atoms with Gasteiger partial charge in [0.25, 0.3) is 0 Å². The van der Waals surface area contributed by atoms with Gasteiger partial charge in [-0.05, 0) is 78.2 Å². The van der Waals surface area contributed by atoms with Gasteiger partial charge in [-0.2, -0.15) is 4.39 Å². The van der Waals surface area contributed by atoms with E-state index in [0.717, 1.165) is 63.8 Å². The summed E-state index contributed by atoms with van der Waals surface area (Å²) in [5, 5.41) is 0. The maximum atomic E-state index is 13.9. The van der Waals surface area contributed by atoms with Crippen LogP contribution in [0.1, 0.15) is 38.7 Å². The lowest BCUT2D eigenvalue weighted by molar-refractivity contribution is -0.106. The third-order valence-corrected chi connectivity index (χ3v) is 8.67. The molecule has 5 nitrogen and oxygen atoms in total. The molecule has 9 heteroatoms. The molecule has 0 fully saturated rings. The molecule has 0 aliphatic carbocycles. The Morgan fingerprint density at radius 1 is 1.12 bits per heavy atom. The number of ether oxygens (including phenoxy) is 2. The van der Waals surface area contributed by atoms with Crippen LogP contribution >= 0.6 is 23.7 Å². The van der Waals surface area contributed by atoms with Gasteiger partial charge in [0.15, 0.2) is 12.1 Å². The minimum atomic E-state index is -0.983. The van der Waals surface area contributed by atoms with Crippen LogP contribution in [-0.2, 0) is 11.3 Å². The van der Waals surface area contributed by atoms with Gasteiger partial charge in [-0.1, -0.05) is 38.8 Å². The van der Waals surface area contributed by atoms with E-state index >= 15 is 0 Å². The van der Waals surface area contributed by atoms with Crippen LogP contribution in [0.25, 0.3) is 0 Å². The number of rotatable bonds is 12. The summed E-state index contributed by atoms with van der Waals surface area (Å²) in [6.45, 7) is 5.62. The number of benzene rings is 3. The summed E-state index contributed by atoms with van der Waals surface area (Å²) in [5.74, 6) is 0.795. The fraction of sp³-hybridized carbons (Fsp3) is 0.323. The lowest BCUT2D eigenvalue weighted by Crippen LogP contribution is -2.37. The van der Waals surface area contributed by atoms with Gasteiger partial charge in [-0.3, -0.25) is 4.79 Å². The van der Waals surface area contributed by atoms with Gasteiger partial charge < -0.3 is 14.4 Å². The van der Waals surface area contributed by atoms with E-state index in [4.69, 9.17) is 9.47 Å². The number of unbranched alkanes of at least 4 members (excludes halogenated alkanes) is 1. The topological polar surface area (TPSA) is 42.0 Å². The first-order valence-corrected chi connectivity index (χ1v) is 15.1. The second-order valence-corrected chi connectivity index (χ2v) is 11.7. The Bertz CT molecular complexity index is 1300. The average molecular weight is 585 g/mol. The third-order valence-electron chi connectivity index (χ3n) is 6.57. The van der Waals surface area contributed by atoms with Gasteiger partial charge in [0.1, 0.15) is 23.6 Å². The maximum Gasteiger partial charge on any atom is 0.197 e. The highest BCUT2D eigenvalue weighted by molar-refractivity contribution is 7.99. The normalized spacial score (nSPS) is 15.9. The largest absolute Gasteiger partial charge is 0.497 e. The molecule has 0 bridgehead atoms. The van der Waals surface area contributed by atoms with Gasteiger partial charge in [0, 0.05) is 24.8 Å². The zero-order chi connectivity index (χ0) is 28.5. The van der Waals surface area contributed by atoms with Crippen LogP contribution in [0.15, 0.2) is 82.5 Å². The quantitative estimate of drug-likeness (QED) is 0.0695. The van der Waals surface area contributed by atoms with Crippen LogP contribution in [-0.4, -0.2) is 36.0 Å². The van der Waals surface area contributed by atoms with Crippen molar-refractivity contribution in [2.45, 2.75) is 55.5 Å². The Morgan fingerprint density at radius 2 is 1.88 bits per heavy atom. The number of methoxy groups -OCH3 is 1. The first kappa shape index (κ1) is 30.0. The molecule has 1 aliphatic rings. The van der Waals surface area contributed by atoms with E-state index in [1.54, 1.807) is 43.0 Å². The van der Waals surface area contributed by atoms with E-state index in [1.807, 2.05) is 25.1 Å². The van der Waals surface area contributed by atoms with Crippen molar-refractivity contribution >= 4 is 41.4 Å². The van der Waals surface area contributed by atoms with Crippen molar-refractivity contribution < 1.29 is 23.0 Å². The minimum absolute atomic E-state index is 0.121. The predicted molar refractivity (Wildman–Crippen MR) is 160 cm³/mol. The van der Waals surface area contributed by atoms with Crippen LogP contribution in [0.5, 0.6) is 11.5 Å². The summed E-state index contributed by atoms with van der Waals surface area (Å²) in [4.78, 5) is 14.8. The van der Waals surface area contributed by atoms with Crippen molar-refractivity contribution in [3.8, 4) is 11.5 Å². The highest BCUT2D eigenvalue weighted by Crippen LogP contribution is 2.47. The molecule has 3 aromatic carbocycles. The predicted octanol–water partition coefficient (Wildman–Crippen LogP) is 8.55. The molecule has 40 heavy (non-hydrogen) atoms. The molecule has 0 saturated carbocycles. The van der Waals surface area contributed by atoms with Crippen molar-refractivity contribution in [2.75, 3.05) is 24.3 Å². The summed E-state index contributed by atoms with van der Waals surface area (Å²) in [5.41, 5.74) is 3.01. The number of carbonyl (C=O) groups excluding carboxylic acids is 1. The van der Waals surface area contributed by atoms with Crippen molar-refractivity contribution in [3.63, 3.8) is 0 Å². The zero-order valence-corrected chi connectivity index (χ0v) is 24.6. The fourth-order valence-corrected chi connectivity index (χ4v) is 6.50. The molecule has 212 valence electrons. The van der Waals surface area contributed by atoms with E-state index in [0.29, 0.717) is 18.8 Å². The maximum absolute atomic E-state index is 13.9. The number of thioether (sulfide) groups is 1. The first-order chi connectivity index (χ1) is 19.4. The van der Waals surface area contributed by atoms with Crippen molar-refractivity contribution in [2.24, 2.45) is 0 Å². The number of aldehydes is 1. The Morgan fingerprint density at radius 3 is 2.52 bits per heavy atom. The summed E-state index contributed by atoms with van der Waals surface area (Å²) < 4.78 is 41.0. The van der Waals surface area contributed by atoms with Gasteiger partial charge in [0.05, 0.1) is 22.6 Å². The third kappa shape index (κ3) is 7.59. The van der Waals surface area contributed by atoms with Gasteiger partial charge in [-0.25, -0.2) is 8.70 Å². The van der Waals surface area contributed by atoms with Crippen LogP contribution < -0.4 is 14.4 Å². The Kier molecular flexibility index (Phi) is 10.9. The molecule has 3 aromatic rings. The fourth-order valence-electron chi connectivity index (χ4n) is 4.54. The number of fused-ring (bicyclic) bond motifs is 1. The SMILES string of the molecule is CCCCC1CN(c2ccc(F)cc2)c2cc(SCC)c(O/C=C(\F)C=O)cc2SN1Cc1ccc(OC)cc1. The van der Waals surface area contributed by atoms with Crippen LogP contribution in [0.3, 0.4) is 0 Å². The van der Waals surface area contributed by atoms with E-state index in [9.17, 15) is 13.6 Å². The molecular weight excluding hydrogens is 550 g/mol. The highest BCUT2D eigenvalue weighted by Gasteiger charge is 2.31. The number of allylic oxidation sites excluding steroid dienone is 1. The average Bonchev–Trinajstić information content (AvgIpc) is 3.11. The number of carbonyl (C=O) groups is 1. The van der Waals surface area contributed by atoms with E-state index in [-0.39, 0.29) is 18.1 Å². The molecule has 0 spiro atoms. The molecule has 0 radical (unpaired) electrons. The lowest BCUT2D eigenvalue weighted by Gasteiger charge is -2.32. The van der Waals surface area contributed by atoms with Crippen molar-refractivity contribution in [1.29, 1.82) is 0 Å². The van der Waals surface area contributed by atoms with Crippen molar-refractivity contribution in [3.05, 3.63) is 84.1 Å². The van der Waals surface area contributed by atoms with Gasteiger partial charge in [0.2, 0.25) is 0 Å². The number of halogens is 2. The van der Waals surface area contributed by atoms with Crippen LogP contribution in [0.4, 0.5) is 20.2 Å². The number of hydrogen-bond acceptors (Lipinski definition) is 7. The van der Waals surface area contributed by atoms with E-state index in [2.05, 4.69) is 34.3 Å². The molecule has 0 saturated heterocycles. The smallest absolute Gasteiger partial charge is 0.197 e. The summed E-state index contributed by atoms with van der Waals surface area (Å²) in [6, 6.07) is 18.8. The Labute approximate surface area is 243 Å². The monoisotopic (exact) mass is 584 g/mol. The first-order valence-electron chi connectivity index (χ1n) is 13.3. The number of anilines is 2. The molecule has 0 amide bonds. The number of nitrogens with zero attached hydrogens (tertiary/aromatic N) is 2.